The number of ether oxygens (including phenoxy) is 2. The number of pyridine rings is 1. The molecular weight excluding hydrogens is 1040 g/mol. The number of amides is 4. The number of hydrazine groups is 1. The number of aromatic nitrogens is 1. The largest absolute Gasteiger partial charge is 0.465 e. The number of fused-ring (bicyclic) bond motifs is 2. The number of halogens is 8. The fraction of sp³-hybridized carbons (Fsp3) is 0.463. The van der Waals surface area contributed by atoms with E-state index in [9.17, 15) is 55.7 Å². The van der Waals surface area contributed by atoms with Gasteiger partial charge in [0, 0.05) is 72.4 Å². The molecule has 7 rings (SSSR count). The molecule has 6 atom stereocenters. The van der Waals surface area contributed by atoms with Crippen molar-refractivity contribution >= 4 is 29.7 Å². The van der Waals surface area contributed by atoms with Crippen molar-refractivity contribution in [1.82, 2.24) is 36.3 Å². The van der Waals surface area contributed by atoms with E-state index in [2.05, 4.69) is 36.7 Å². The number of rotatable bonds is 18. The van der Waals surface area contributed by atoms with E-state index in [-0.39, 0.29) is 11.3 Å². The van der Waals surface area contributed by atoms with Gasteiger partial charge in [0.15, 0.2) is 0 Å². The number of carbonyl (C=O) groups is 4. The van der Waals surface area contributed by atoms with Crippen molar-refractivity contribution < 1.29 is 74.0 Å². The highest BCUT2D eigenvalue weighted by molar-refractivity contribution is 5.87. The smallest absolute Gasteiger partial charge is 0.407 e. The van der Waals surface area contributed by atoms with Crippen LogP contribution in [0.25, 0.3) is 11.3 Å². The Balaban J connectivity index is 1.17. The van der Waals surface area contributed by atoms with Gasteiger partial charge in [0.25, 0.3) is 5.91 Å². The van der Waals surface area contributed by atoms with Gasteiger partial charge in [-0.2, -0.15) is 26.3 Å². The van der Waals surface area contributed by atoms with Crippen molar-refractivity contribution in [2.45, 2.75) is 108 Å². The molecule has 420 valence electrons. The number of alkyl carbamates (subject to hydrolysis) is 1. The molecule has 78 heavy (non-hydrogen) atoms. The molecule has 2 unspecified atom stereocenters. The van der Waals surface area contributed by atoms with Crippen molar-refractivity contribution in [2.24, 2.45) is 10.8 Å². The summed E-state index contributed by atoms with van der Waals surface area (Å²) in [6.07, 6.45) is -12.8. The molecule has 3 saturated heterocycles. The third-order valence-electron chi connectivity index (χ3n) is 14.6. The number of hydrogen-bond acceptors (Lipinski definition) is 11. The highest BCUT2D eigenvalue weighted by Gasteiger charge is 2.57. The van der Waals surface area contributed by atoms with Crippen LogP contribution in [0.3, 0.4) is 0 Å². The molecule has 0 aliphatic carbocycles. The molecule has 3 fully saturated rings. The first-order chi connectivity index (χ1) is 36.7. The Morgan fingerprint density at radius 3 is 1.82 bits per heavy atom. The molecule has 0 radical (unpaired) electrons. The molecule has 0 spiro atoms. The number of aliphatic hydroxyl groups excluding tert-OH is 1. The van der Waals surface area contributed by atoms with Gasteiger partial charge in [-0.1, -0.05) is 30.0 Å². The van der Waals surface area contributed by atoms with E-state index in [1.807, 2.05) is 35.0 Å². The predicted octanol–water partition coefficient (Wildman–Crippen LogP) is 6.94. The molecule has 16 nitrogen and oxygen atoms in total. The summed E-state index contributed by atoms with van der Waals surface area (Å²) < 4.78 is 129. The third-order valence-corrected chi connectivity index (χ3v) is 14.6. The fourth-order valence-corrected chi connectivity index (χ4v) is 9.69. The summed E-state index contributed by atoms with van der Waals surface area (Å²) >= 11 is 0. The number of carboxylic acid groups (broad SMARTS) is 1. The maximum atomic E-state index is 16.0. The van der Waals surface area contributed by atoms with Gasteiger partial charge < -0.3 is 40.5 Å². The SMILES string of the molecule is COC(=O)N[C@H](C(=O)N[C@@H](Cc1ccc(C#Cc2ccc(N3CC4CCC(C3)N4C3COC3)cc2)cc1)[C@@H](O)CN(Cc1c(F)cc(-c2ccccn2)cc1F)NC(=O)[C@@H](NC(=O)O)C(C)(C)C(F)(F)F)C(C)(C)C(F)(F)F. The molecule has 4 aromatic rings. The third kappa shape index (κ3) is 13.6. The van der Waals surface area contributed by atoms with Crippen LogP contribution >= 0.6 is 0 Å². The summed E-state index contributed by atoms with van der Waals surface area (Å²) in [6.45, 7) is 3.52. The molecular formula is C54H60F8N8O8. The van der Waals surface area contributed by atoms with Gasteiger partial charge >= 0.3 is 24.5 Å². The average Bonchev–Trinajstić information content (AvgIpc) is 3.64. The predicted molar refractivity (Wildman–Crippen MR) is 268 cm³/mol. The second-order valence-electron chi connectivity index (χ2n) is 20.7. The van der Waals surface area contributed by atoms with Crippen molar-refractivity contribution in [3.8, 4) is 23.1 Å². The lowest BCUT2D eigenvalue weighted by molar-refractivity contribution is -0.221. The molecule has 0 saturated carbocycles. The van der Waals surface area contributed by atoms with E-state index in [1.54, 1.807) is 24.3 Å². The first-order valence-corrected chi connectivity index (χ1v) is 24.9. The maximum absolute atomic E-state index is 16.0. The minimum absolute atomic E-state index is 0.0417. The molecule has 1 aromatic heterocycles. The average molecular weight is 1100 g/mol. The van der Waals surface area contributed by atoms with E-state index in [0.29, 0.717) is 67.5 Å². The van der Waals surface area contributed by atoms with Crippen LogP contribution in [0.15, 0.2) is 85.1 Å². The van der Waals surface area contributed by atoms with Crippen molar-refractivity contribution in [2.75, 3.05) is 44.9 Å². The van der Waals surface area contributed by atoms with E-state index >= 15 is 8.78 Å². The Kier molecular flexibility index (Phi) is 18.0. The van der Waals surface area contributed by atoms with E-state index in [4.69, 9.17) is 4.74 Å². The van der Waals surface area contributed by atoms with Crippen LogP contribution in [0.2, 0.25) is 0 Å². The van der Waals surface area contributed by atoms with Gasteiger partial charge in [0.05, 0.1) is 55.0 Å². The molecule has 2 bridgehead atoms. The Bertz CT molecular complexity index is 2810. The molecule has 3 aliphatic heterocycles. The lowest BCUT2D eigenvalue weighted by atomic mass is 9.82. The topological polar surface area (TPSA) is 198 Å². The van der Waals surface area contributed by atoms with Crippen LogP contribution in [0.4, 0.5) is 50.4 Å². The van der Waals surface area contributed by atoms with Crippen LogP contribution in [-0.2, 0) is 32.0 Å². The lowest BCUT2D eigenvalue weighted by Crippen LogP contribution is -2.63. The summed E-state index contributed by atoms with van der Waals surface area (Å²) in [6, 6.07) is 15.0. The van der Waals surface area contributed by atoms with Gasteiger partial charge in [0.1, 0.15) is 23.7 Å². The van der Waals surface area contributed by atoms with Crippen LogP contribution in [-0.4, -0.2) is 144 Å². The van der Waals surface area contributed by atoms with Gasteiger partial charge in [-0.3, -0.25) is 24.9 Å². The normalized spacial score (nSPS) is 18.6. The number of nitrogens with zero attached hydrogens (tertiary/aromatic N) is 4. The van der Waals surface area contributed by atoms with Crippen molar-refractivity contribution in [3.05, 3.63) is 119 Å². The maximum Gasteiger partial charge on any atom is 0.407 e. The monoisotopic (exact) mass is 1100 g/mol. The van der Waals surface area contributed by atoms with Gasteiger partial charge in [-0.05, 0) is 113 Å². The number of hydrogen-bond donors (Lipinski definition) is 6. The Labute approximate surface area is 444 Å². The minimum atomic E-state index is -5.23. The van der Waals surface area contributed by atoms with E-state index < -0.39 is 108 Å². The minimum Gasteiger partial charge on any atom is -0.465 e. The molecule has 24 heteroatoms. The number of anilines is 1. The molecule has 3 aliphatic rings. The zero-order valence-corrected chi connectivity index (χ0v) is 43.1. The van der Waals surface area contributed by atoms with Gasteiger partial charge in [-0.15, -0.1) is 0 Å². The summed E-state index contributed by atoms with van der Waals surface area (Å²) in [5.74, 6) is 0.453. The zero-order valence-electron chi connectivity index (χ0n) is 43.1. The van der Waals surface area contributed by atoms with Crippen LogP contribution < -0.4 is 26.3 Å². The molecule has 4 heterocycles. The second kappa shape index (κ2) is 23.9. The van der Waals surface area contributed by atoms with Crippen molar-refractivity contribution in [1.29, 1.82) is 0 Å². The summed E-state index contributed by atoms with van der Waals surface area (Å²) in [4.78, 5) is 61.2. The fourth-order valence-electron chi connectivity index (χ4n) is 9.69. The van der Waals surface area contributed by atoms with Crippen LogP contribution in [0, 0.1) is 34.3 Å². The number of methoxy groups -OCH3 is 1. The Morgan fingerprint density at radius 1 is 0.782 bits per heavy atom. The highest BCUT2D eigenvalue weighted by atomic mass is 19.4. The Morgan fingerprint density at radius 2 is 1.33 bits per heavy atom. The summed E-state index contributed by atoms with van der Waals surface area (Å²) in [5.41, 5.74) is -2.21. The second-order valence-corrected chi connectivity index (χ2v) is 20.7. The number of benzene rings is 3. The lowest BCUT2D eigenvalue weighted by Gasteiger charge is -2.48. The molecule has 4 amide bonds. The zero-order chi connectivity index (χ0) is 56.9. The van der Waals surface area contributed by atoms with Crippen LogP contribution in [0.5, 0.6) is 0 Å². The van der Waals surface area contributed by atoms with E-state index in [0.717, 1.165) is 64.1 Å². The summed E-state index contributed by atoms with van der Waals surface area (Å²) in [7, 11) is 0.840. The number of nitrogens with one attached hydrogen (secondary N) is 4. The first kappa shape index (κ1) is 58.6. The highest BCUT2D eigenvalue weighted by Crippen LogP contribution is 2.42. The van der Waals surface area contributed by atoms with Gasteiger partial charge in [0.2, 0.25) is 5.91 Å². The van der Waals surface area contributed by atoms with Gasteiger partial charge in [-0.25, -0.2) is 23.4 Å². The number of alkyl halides is 6. The quantitative estimate of drug-likeness (QED) is 0.0342. The number of carbonyl (C=O) groups excluding carboxylic acids is 3. The summed E-state index contributed by atoms with van der Waals surface area (Å²) in [5, 5.41) is 27.8. The molecule has 3 aromatic carbocycles. The Hall–Kier alpha value is -7.07. The standard InChI is InChI=1S/C54H60F8N8O8/c1-51(2,53(57,58)59)45(66-50(76)77-5)47(72)64-43(22-33-13-11-31(12-14-33)9-10-32-15-17-35(18-16-32)68-25-36-19-20-37(26-68)70(36)38-29-78-30-38)44(71)28-69(67-48(73)46(65-49(74)75)52(3,4)54(60,61)62)27-39-40(55)23-34(24-41(39)56)42-8-6-7-21-63-42/h6-8,11-18,21,23-24,36-38,43-46,65,71H,19-20,22,25-30H2,1-5H3,(H,64,72)(H,66,76)(H,67,73)(H,74,75)/t36?,37?,43-,44-,45+,46+/m0/s1. The van der Waals surface area contributed by atoms with Crippen molar-refractivity contribution in [3.63, 3.8) is 0 Å². The first-order valence-electron chi connectivity index (χ1n) is 24.9. The number of aliphatic hydroxyl groups is 1. The molecule has 6 N–H and O–H groups in total. The number of piperazine rings is 1. The van der Waals surface area contributed by atoms with E-state index in [1.165, 1.54) is 29.7 Å². The van der Waals surface area contributed by atoms with Crippen LogP contribution in [0.1, 0.15) is 62.8 Å².